The molecule has 1 aliphatic rings. The molecule has 1 fully saturated rings. The zero-order valence-electron chi connectivity index (χ0n) is 13.2. The maximum absolute atomic E-state index is 11.6. The van der Waals surface area contributed by atoms with Crippen LogP contribution < -0.4 is 10.6 Å². The SMILES string of the molecule is CCN(C(C)=O)c1nc(CN2CCCC(C)C2CN)cs1. The van der Waals surface area contributed by atoms with E-state index in [0.717, 1.165) is 23.9 Å². The van der Waals surface area contributed by atoms with Crippen molar-refractivity contribution in [1.29, 1.82) is 0 Å². The molecular formula is C15H26N4OS. The number of amides is 1. The molecule has 2 rings (SSSR count). The summed E-state index contributed by atoms with van der Waals surface area (Å²) in [7, 11) is 0. The van der Waals surface area contributed by atoms with Crippen LogP contribution in [0.5, 0.6) is 0 Å². The van der Waals surface area contributed by atoms with E-state index in [1.165, 1.54) is 12.8 Å². The molecule has 2 N–H and O–H groups in total. The molecular weight excluding hydrogens is 284 g/mol. The lowest BCUT2D eigenvalue weighted by Crippen LogP contribution is -2.48. The minimum atomic E-state index is 0.0461. The molecule has 0 spiro atoms. The van der Waals surface area contributed by atoms with Crippen molar-refractivity contribution in [2.45, 2.75) is 46.2 Å². The highest BCUT2D eigenvalue weighted by atomic mass is 32.1. The summed E-state index contributed by atoms with van der Waals surface area (Å²) in [5.74, 6) is 0.691. The number of anilines is 1. The number of nitrogens with zero attached hydrogens (tertiary/aromatic N) is 3. The van der Waals surface area contributed by atoms with Crippen molar-refractivity contribution in [3.05, 3.63) is 11.1 Å². The second kappa shape index (κ2) is 7.33. The van der Waals surface area contributed by atoms with Gasteiger partial charge in [-0.25, -0.2) is 4.98 Å². The minimum absolute atomic E-state index is 0.0461. The van der Waals surface area contributed by atoms with E-state index in [-0.39, 0.29) is 5.91 Å². The number of carbonyl (C=O) groups is 1. The van der Waals surface area contributed by atoms with Crippen LogP contribution in [0.1, 0.15) is 39.3 Å². The fraction of sp³-hybridized carbons (Fsp3) is 0.733. The number of thiazole rings is 1. The van der Waals surface area contributed by atoms with Gasteiger partial charge in [-0.05, 0) is 32.2 Å². The Hall–Kier alpha value is -0.980. The first kappa shape index (κ1) is 16.4. The molecule has 6 heteroatoms. The molecule has 0 saturated carbocycles. The van der Waals surface area contributed by atoms with Gasteiger partial charge in [-0.3, -0.25) is 14.6 Å². The second-order valence-corrected chi connectivity index (χ2v) is 6.61. The molecule has 5 nitrogen and oxygen atoms in total. The van der Waals surface area contributed by atoms with E-state index >= 15 is 0 Å². The Morgan fingerprint density at radius 2 is 2.38 bits per heavy atom. The number of aromatic nitrogens is 1. The Labute approximate surface area is 131 Å². The zero-order chi connectivity index (χ0) is 15.4. The number of hydrogen-bond donors (Lipinski definition) is 1. The van der Waals surface area contributed by atoms with E-state index in [2.05, 4.69) is 22.2 Å². The number of carbonyl (C=O) groups excluding carboxylic acids is 1. The van der Waals surface area contributed by atoms with Crippen LogP contribution in [0.3, 0.4) is 0 Å². The van der Waals surface area contributed by atoms with E-state index in [0.29, 0.717) is 25.0 Å². The highest BCUT2D eigenvalue weighted by Crippen LogP contribution is 2.26. The van der Waals surface area contributed by atoms with Crippen molar-refractivity contribution in [2.75, 3.05) is 24.5 Å². The van der Waals surface area contributed by atoms with Crippen LogP contribution in [0.4, 0.5) is 5.13 Å². The third-order valence-electron chi connectivity index (χ3n) is 4.30. The number of likely N-dealkylation sites (tertiary alicyclic amines) is 1. The monoisotopic (exact) mass is 310 g/mol. The maximum atomic E-state index is 11.6. The van der Waals surface area contributed by atoms with Crippen molar-refractivity contribution < 1.29 is 4.79 Å². The van der Waals surface area contributed by atoms with Gasteiger partial charge >= 0.3 is 0 Å². The smallest absolute Gasteiger partial charge is 0.225 e. The first-order chi connectivity index (χ1) is 10.1. The van der Waals surface area contributed by atoms with Crippen LogP contribution in [0.2, 0.25) is 0 Å². The van der Waals surface area contributed by atoms with Crippen LogP contribution in [0.15, 0.2) is 5.38 Å². The van der Waals surface area contributed by atoms with E-state index < -0.39 is 0 Å². The summed E-state index contributed by atoms with van der Waals surface area (Å²) in [6.45, 7) is 9.12. The quantitative estimate of drug-likeness (QED) is 0.904. The lowest BCUT2D eigenvalue weighted by molar-refractivity contribution is -0.116. The summed E-state index contributed by atoms with van der Waals surface area (Å²) < 4.78 is 0. The molecule has 21 heavy (non-hydrogen) atoms. The van der Waals surface area contributed by atoms with Gasteiger partial charge in [0.15, 0.2) is 5.13 Å². The zero-order valence-corrected chi connectivity index (χ0v) is 14.0. The van der Waals surface area contributed by atoms with Gasteiger partial charge in [0.05, 0.1) is 5.69 Å². The number of hydrogen-bond acceptors (Lipinski definition) is 5. The maximum Gasteiger partial charge on any atom is 0.225 e. The van der Waals surface area contributed by atoms with Gasteiger partial charge in [0.1, 0.15) is 0 Å². The van der Waals surface area contributed by atoms with Crippen molar-refractivity contribution in [3.8, 4) is 0 Å². The molecule has 2 unspecified atom stereocenters. The summed E-state index contributed by atoms with van der Waals surface area (Å²) in [5, 5.41) is 2.86. The Balaban J connectivity index is 2.06. The van der Waals surface area contributed by atoms with Crippen LogP contribution in [-0.4, -0.2) is 41.5 Å². The van der Waals surface area contributed by atoms with Crippen LogP contribution in [-0.2, 0) is 11.3 Å². The van der Waals surface area contributed by atoms with E-state index in [1.54, 1.807) is 23.2 Å². The van der Waals surface area contributed by atoms with Crippen molar-refractivity contribution >= 4 is 22.4 Å². The summed E-state index contributed by atoms with van der Waals surface area (Å²) >= 11 is 1.54. The first-order valence-corrected chi connectivity index (χ1v) is 8.61. The highest BCUT2D eigenvalue weighted by Gasteiger charge is 2.28. The van der Waals surface area contributed by atoms with Gasteiger partial charge in [-0.2, -0.15) is 0 Å². The van der Waals surface area contributed by atoms with Gasteiger partial charge in [0.25, 0.3) is 0 Å². The lowest BCUT2D eigenvalue weighted by atomic mass is 9.91. The normalized spacial score (nSPS) is 23.2. The van der Waals surface area contributed by atoms with E-state index in [9.17, 15) is 4.79 Å². The Kier molecular flexibility index (Phi) is 5.72. The van der Waals surface area contributed by atoms with E-state index in [4.69, 9.17) is 5.73 Å². The largest absolute Gasteiger partial charge is 0.329 e. The Morgan fingerprint density at radius 1 is 1.62 bits per heavy atom. The second-order valence-electron chi connectivity index (χ2n) is 5.78. The third kappa shape index (κ3) is 3.81. The molecule has 0 aromatic carbocycles. The third-order valence-corrected chi connectivity index (χ3v) is 5.22. The van der Waals surface area contributed by atoms with Crippen molar-refractivity contribution in [1.82, 2.24) is 9.88 Å². The van der Waals surface area contributed by atoms with Crippen LogP contribution >= 0.6 is 11.3 Å². The number of rotatable bonds is 5. The molecule has 0 radical (unpaired) electrons. The standard InChI is InChI=1S/C15H26N4OS/c1-4-19(12(3)20)15-17-13(10-21-15)9-18-7-5-6-11(2)14(18)8-16/h10-11,14H,4-9,16H2,1-3H3. The van der Waals surface area contributed by atoms with Gasteiger partial charge < -0.3 is 5.73 Å². The summed E-state index contributed by atoms with van der Waals surface area (Å²) in [4.78, 5) is 20.4. The molecule has 1 aromatic rings. The summed E-state index contributed by atoms with van der Waals surface area (Å²) in [5.41, 5.74) is 6.98. The fourth-order valence-corrected chi connectivity index (χ4v) is 4.03. The van der Waals surface area contributed by atoms with Crippen molar-refractivity contribution in [3.63, 3.8) is 0 Å². The molecule has 2 heterocycles. The molecule has 0 aliphatic carbocycles. The Morgan fingerprint density at radius 3 is 3.00 bits per heavy atom. The summed E-state index contributed by atoms with van der Waals surface area (Å²) in [6.07, 6.45) is 2.48. The van der Waals surface area contributed by atoms with Gasteiger partial charge in [-0.15, -0.1) is 11.3 Å². The lowest BCUT2D eigenvalue weighted by Gasteiger charge is -2.39. The van der Waals surface area contributed by atoms with Crippen LogP contribution in [0.25, 0.3) is 0 Å². The highest BCUT2D eigenvalue weighted by molar-refractivity contribution is 7.14. The minimum Gasteiger partial charge on any atom is -0.329 e. The summed E-state index contributed by atoms with van der Waals surface area (Å²) in [6, 6.07) is 0.444. The molecule has 118 valence electrons. The molecule has 1 saturated heterocycles. The number of nitrogens with two attached hydrogens (primary N) is 1. The van der Waals surface area contributed by atoms with Gasteiger partial charge in [0.2, 0.25) is 5.91 Å². The van der Waals surface area contributed by atoms with E-state index in [1.807, 2.05) is 6.92 Å². The Bertz CT molecular complexity index is 476. The first-order valence-electron chi connectivity index (χ1n) is 7.73. The average Bonchev–Trinajstić information content (AvgIpc) is 2.88. The average molecular weight is 310 g/mol. The molecule has 2 atom stereocenters. The van der Waals surface area contributed by atoms with Crippen molar-refractivity contribution in [2.24, 2.45) is 11.7 Å². The van der Waals surface area contributed by atoms with Crippen LogP contribution in [0, 0.1) is 5.92 Å². The van der Waals surface area contributed by atoms with Gasteiger partial charge in [-0.1, -0.05) is 6.92 Å². The van der Waals surface area contributed by atoms with Gasteiger partial charge in [0, 0.05) is 38.0 Å². The predicted octanol–water partition coefficient (Wildman–Crippen LogP) is 2.08. The topological polar surface area (TPSA) is 62.5 Å². The molecule has 1 aromatic heterocycles. The fourth-order valence-electron chi connectivity index (χ4n) is 3.11. The molecule has 1 aliphatic heterocycles. The molecule has 0 bridgehead atoms. The number of piperidine rings is 1. The predicted molar refractivity (Wildman–Crippen MR) is 87.5 cm³/mol. The molecule has 1 amide bonds.